The van der Waals surface area contributed by atoms with E-state index in [0.29, 0.717) is 6.61 Å². The molecular weight excluding hydrogens is 300 g/mol. The first-order chi connectivity index (χ1) is 10.4. The van der Waals surface area contributed by atoms with Crippen molar-refractivity contribution in [3.63, 3.8) is 0 Å². The number of aromatic nitrogens is 1. The molecule has 0 radical (unpaired) electrons. The van der Waals surface area contributed by atoms with E-state index in [4.69, 9.17) is 16.3 Å². The second-order valence-corrected chi connectivity index (χ2v) is 7.61. The highest BCUT2D eigenvalue weighted by Gasteiger charge is 2.45. The zero-order chi connectivity index (χ0) is 15.8. The Morgan fingerprint density at radius 2 is 2.36 bits per heavy atom. The van der Waals surface area contributed by atoms with Crippen molar-refractivity contribution in [3.05, 3.63) is 28.5 Å². The zero-order valence-corrected chi connectivity index (χ0v) is 14.1. The highest BCUT2D eigenvalue weighted by Crippen LogP contribution is 2.39. The fraction of sp³-hybridized carbons (Fsp3) is 0.706. The van der Waals surface area contributed by atoms with Crippen molar-refractivity contribution in [2.75, 3.05) is 19.8 Å². The van der Waals surface area contributed by atoms with Gasteiger partial charge in [-0.3, -0.25) is 4.98 Å². The first-order valence-electron chi connectivity index (χ1n) is 8.10. The molecule has 0 amide bonds. The lowest BCUT2D eigenvalue weighted by atomic mass is 9.71. The molecule has 1 fully saturated rings. The van der Waals surface area contributed by atoms with Gasteiger partial charge >= 0.3 is 0 Å². The summed E-state index contributed by atoms with van der Waals surface area (Å²) in [6.07, 6.45) is 5.47. The van der Waals surface area contributed by atoms with Gasteiger partial charge in [0.1, 0.15) is 0 Å². The van der Waals surface area contributed by atoms with Gasteiger partial charge in [0.2, 0.25) is 0 Å². The van der Waals surface area contributed by atoms with Gasteiger partial charge in [-0.15, -0.1) is 0 Å². The zero-order valence-electron chi connectivity index (χ0n) is 13.4. The molecule has 0 bridgehead atoms. The summed E-state index contributed by atoms with van der Waals surface area (Å²) in [5, 5.41) is 15.3. The third-order valence-electron chi connectivity index (χ3n) is 5.32. The summed E-state index contributed by atoms with van der Waals surface area (Å²) in [7, 11) is 0. The maximum atomic E-state index is 10.9. The molecule has 122 valence electrons. The molecule has 5 heteroatoms. The van der Waals surface area contributed by atoms with Gasteiger partial charge in [-0.1, -0.05) is 25.4 Å². The van der Waals surface area contributed by atoms with E-state index >= 15 is 0 Å². The van der Waals surface area contributed by atoms with Crippen LogP contribution in [-0.2, 0) is 11.2 Å². The van der Waals surface area contributed by atoms with Crippen molar-refractivity contribution in [1.29, 1.82) is 0 Å². The molecule has 1 aliphatic carbocycles. The number of hydrogen-bond acceptors (Lipinski definition) is 4. The molecule has 2 atom stereocenters. The Morgan fingerprint density at radius 3 is 3.09 bits per heavy atom. The van der Waals surface area contributed by atoms with Crippen LogP contribution in [0.15, 0.2) is 12.3 Å². The van der Waals surface area contributed by atoms with Crippen LogP contribution in [0.25, 0.3) is 0 Å². The van der Waals surface area contributed by atoms with Crippen LogP contribution in [0.3, 0.4) is 0 Å². The minimum absolute atomic E-state index is 0.223. The quantitative estimate of drug-likeness (QED) is 0.894. The van der Waals surface area contributed by atoms with Crippen LogP contribution in [0.2, 0.25) is 5.02 Å². The van der Waals surface area contributed by atoms with E-state index in [1.54, 1.807) is 6.20 Å². The van der Waals surface area contributed by atoms with E-state index < -0.39 is 5.60 Å². The van der Waals surface area contributed by atoms with Gasteiger partial charge in [0.15, 0.2) is 0 Å². The number of pyridine rings is 1. The fourth-order valence-corrected chi connectivity index (χ4v) is 3.76. The molecule has 0 saturated carbocycles. The molecule has 1 aromatic rings. The molecule has 2 N–H and O–H groups in total. The van der Waals surface area contributed by atoms with Crippen molar-refractivity contribution in [2.45, 2.75) is 51.2 Å². The first kappa shape index (κ1) is 16.2. The Kier molecular flexibility index (Phi) is 4.47. The predicted molar refractivity (Wildman–Crippen MR) is 87.1 cm³/mol. The van der Waals surface area contributed by atoms with Crippen LogP contribution in [0.4, 0.5) is 0 Å². The minimum atomic E-state index is -0.762. The lowest BCUT2D eigenvalue weighted by Crippen LogP contribution is -2.55. The molecule has 0 spiro atoms. The Balaban J connectivity index is 1.67. The van der Waals surface area contributed by atoms with Gasteiger partial charge in [-0.05, 0) is 37.3 Å². The molecule has 1 aromatic heterocycles. The summed E-state index contributed by atoms with van der Waals surface area (Å²) in [4.78, 5) is 4.50. The Morgan fingerprint density at radius 1 is 1.55 bits per heavy atom. The lowest BCUT2D eigenvalue weighted by Gasteiger charge is -2.45. The summed E-state index contributed by atoms with van der Waals surface area (Å²) in [5.74, 6) is 0. The molecular formula is C17H25ClN2O2. The van der Waals surface area contributed by atoms with Gasteiger partial charge in [0.25, 0.3) is 0 Å². The van der Waals surface area contributed by atoms with Crippen molar-refractivity contribution < 1.29 is 9.84 Å². The number of aliphatic hydroxyl groups is 1. The van der Waals surface area contributed by atoms with Crippen LogP contribution in [-0.4, -0.2) is 35.5 Å². The van der Waals surface area contributed by atoms with E-state index in [-0.39, 0.29) is 11.5 Å². The number of nitrogens with one attached hydrogen (secondary N) is 1. The van der Waals surface area contributed by atoms with E-state index in [1.807, 2.05) is 6.07 Å². The number of rotatable bonds is 4. The number of halogens is 1. The largest absolute Gasteiger partial charge is 0.387 e. The van der Waals surface area contributed by atoms with Crippen molar-refractivity contribution in [1.82, 2.24) is 10.3 Å². The lowest BCUT2D eigenvalue weighted by molar-refractivity contribution is -0.149. The Bertz CT molecular complexity index is 541. The molecule has 2 heterocycles. The van der Waals surface area contributed by atoms with Gasteiger partial charge < -0.3 is 15.2 Å². The van der Waals surface area contributed by atoms with Gasteiger partial charge in [-0.2, -0.15) is 0 Å². The van der Waals surface area contributed by atoms with E-state index in [9.17, 15) is 5.11 Å². The summed E-state index contributed by atoms with van der Waals surface area (Å²) >= 11 is 6.24. The second kappa shape index (κ2) is 6.08. The topological polar surface area (TPSA) is 54.4 Å². The summed E-state index contributed by atoms with van der Waals surface area (Å²) in [6, 6.07) is 2.08. The van der Waals surface area contributed by atoms with Crippen molar-refractivity contribution in [3.8, 4) is 0 Å². The highest BCUT2D eigenvalue weighted by molar-refractivity contribution is 6.31. The SMILES string of the molecule is CC(C)(CNC1CCc2c(Cl)ccnc21)C1(O)CCCOC1. The normalized spacial score (nSPS) is 28.6. The number of ether oxygens (including phenoxy) is 1. The number of hydrogen-bond donors (Lipinski definition) is 2. The summed E-state index contributed by atoms with van der Waals surface area (Å²) in [5.41, 5.74) is 1.21. The monoisotopic (exact) mass is 324 g/mol. The average molecular weight is 325 g/mol. The standard InChI is InChI=1S/C17H25ClN2O2/c1-16(2,17(21)7-3-9-22-11-17)10-20-14-5-4-12-13(18)6-8-19-15(12)14/h6,8,14,20-21H,3-5,7,9-11H2,1-2H3. The molecule has 1 saturated heterocycles. The predicted octanol–water partition coefficient (Wildman–Crippen LogP) is 2.88. The van der Waals surface area contributed by atoms with Crippen LogP contribution in [0, 0.1) is 5.41 Å². The Labute approximate surface area is 137 Å². The smallest absolute Gasteiger partial charge is 0.0943 e. The van der Waals surface area contributed by atoms with E-state index in [1.165, 1.54) is 5.56 Å². The Hall–Kier alpha value is -0.680. The highest BCUT2D eigenvalue weighted by atomic mass is 35.5. The fourth-order valence-electron chi connectivity index (χ4n) is 3.51. The number of fused-ring (bicyclic) bond motifs is 1. The van der Waals surface area contributed by atoms with Crippen molar-refractivity contribution >= 4 is 11.6 Å². The molecule has 0 aromatic carbocycles. The third kappa shape index (κ3) is 2.90. The number of nitrogens with zero attached hydrogens (tertiary/aromatic N) is 1. The summed E-state index contributed by atoms with van der Waals surface area (Å²) < 4.78 is 5.51. The van der Waals surface area contributed by atoms with Crippen LogP contribution >= 0.6 is 11.6 Å². The van der Waals surface area contributed by atoms with Crippen LogP contribution in [0.5, 0.6) is 0 Å². The first-order valence-corrected chi connectivity index (χ1v) is 8.48. The second-order valence-electron chi connectivity index (χ2n) is 7.20. The minimum Gasteiger partial charge on any atom is -0.387 e. The maximum absolute atomic E-state index is 10.9. The van der Waals surface area contributed by atoms with Gasteiger partial charge in [-0.25, -0.2) is 0 Å². The van der Waals surface area contributed by atoms with Crippen LogP contribution < -0.4 is 5.32 Å². The van der Waals surface area contributed by atoms with Gasteiger partial charge in [0.05, 0.1) is 23.9 Å². The molecule has 22 heavy (non-hydrogen) atoms. The molecule has 4 nitrogen and oxygen atoms in total. The molecule has 2 aliphatic rings. The third-order valence-corrected chi connectivity index (χ3v) is 5.67. The van der Waals surface area contributed by atoms with E-state index in [2.05, 4.69) is 24.1 Å². The average Bonchev–Trinajstić information content (AvgIpc) is 2.90. The molecule has 2 unspecified atom stereocenters. The van der Waals surface area contributed by atoms with Crippen molar-refractivity contribution in [2.24, 2.45) is 5.41 Å². The summed E-state index contributed by atoms with van der Waals surface area (Å²) in [6.45, 7) is 6.12. The molecule has 1 aliphatic heterocycles. The van der Waals surface area contributed by atoms with Gasteiger partial charge in [0, 0.05) is 29.8 Å². The van der Waals surface area contributed by atoms with Crippen LogP contribution in [0.1, 0.15) is 50.4 Å². The van der Waals surface area contributed by atoms with E-state index in [0.717, 1.165) is 49.6 Å². The maximum Gasteiger partial charge on any atom is 0.0943 e. The molecule has 3 rings (SSSR count).